The normalized spacial score (nSPS) is 10.8. The zero-order chi connectivity index (χ0) is 24.0. The number of benzene rings is 2. The minimum Gasteiger partial charge on any atom is -0.496 e. The SMILES string of the molecule is COc1cc(NS(=O)(=O)c2ccc(NC(=O)c3c(OC)cccc3OC)cc2)nc(OC)n1. The molecule has 2 N–H and O–H groups in total. The molecule has 0 aliphatic heterocycles. The van der Waals surface area contributed by atoms with Gasteiger partial charge < -0.3 is 24.3 Å². The second kappa shape index (κ2) is 10.0. The van der Waals surface area contributed by atoms with Crippen LogP contribution in [0.15, 0.2) is 53.4 Å². The minimum absolute atomic E-state index is 0.0284. The summed E-state index contributed by atoms with van der Waals surface area (Å²) in [6.45, 7) is 0. The molecule has 0 unspecified atom stereocenters. The van der Waals surface area contributed by atoms with Crippen molar-refractivity contribution in [2.24, 2.45) is 0 Å². The maximum absolute atomic E-state index is 12.8. The highest BCUT2D eigenvalue weighted by molar-refractivity contribution is 7.92. The predicted octanol–water partition coefficient (Wildman–Crippen LogP) is 2.56. The van der Waals surface area contributed by atoms with Crippen molar-refractivity contribution in [1.29, 1.82) is 0 Å². The fraction of sp³-hybridized carbons (Fsp3) is 0.190. The van der Waals surface area contributed by atoms with Gasteiger partial charge in [0.15, 0.2) is 5.82 Å². The first-order valence-corrected chi connectivity index (χ1v) is 10.9. The number of nitrogens with zero attached hydrogens (tertiary/aromatic N) is 2. The van der Waals surface area contributed by atoms with Crippen LogP contribution in [0.4, 0.5) is 11.5 Å². The molecule has 1 aromatic heterocycles. The van der Waals surface area contributed by atoms with Crippen molar-refractivity contribution < 1.29 is 32.2 Å². The molecule has 11 nitrogen and oxygen atoms in total. The molecular weight excluding hydrogens is 452 g/mol. The first-order valence-electron chi connectivity index (χ1n) is 9.43. The molecule has 0 bridgehead atoms. The standard InChI is InChI=1S/C21H22N4O7S/c1-29-15-6-5-7-16(30-2)19(15)20(26)22-13-8-10-14(11-9-13)33(27,28)25-17-12-18(31-3)24-21(23-17)32-4/h5-12H,1-4H3,(H,22,26)(H,23,24,25). The molecule has 33 heavy (non-hydrogen) atoms. The molecular formula is C21H22N4O7S. The van der Waals surface area contributed by atoms with E-state index in [0.29, 0.717) is 17.2 Å². The Balaban J connectivity index is 1.80. The molecule has 3 rings (SSSR count). The van der Waals surface area contributed by atoms with Crippen molar-refractivity contribution in [3.63, 3.8) is 0 Å². The first-order chi connectivity index (χ1) is 15.8. The van der Waals surface area contributed by atoms with Gasteiger partial charge in [0.1, 0.15) is 17.1 Å². The van der Waals surface area contributed by atoms with Crippen LogP contribution in [0.2, 0.25) is 0 Å². The van der Waals surface area contributed by atoms with Crippen molar-refractivity contribution in [2.75, 3.05) is 38.5 Å². The van der Waals surface area contributed by atoms with Gasteiger partial charge in [-0.2, -0.15) is 9.97 Å². The fourth-order valence-electron chi connectivity index (χ4n) is 2.83. The van der Waals surface area contributed by atoms with Crippen LogP contribution in [-0.4, -0.2) is 52.7 Å². The zero-order valence-electron chi connectivity index (χ0n) is 18.3. The topological polar surface area (TPSA) is 138 Å². The monoisotopic (exact) mass is 474 g/mol. The minimum atomic E-state index is -3.99. The van der Waals surface area contributed by atoms with E-state index in [0.717, 1.165) is 0 Å². The summed E-state index contributed by atoms with van der Waals surface area (Å²) < 4.78 is 48.3. The number of carbonyl (C=O) groups is 1. The van der Waals surface area contributed by atoms with Crippen molar-refractivity contribution >= 4 is 27.4 Å². The van der Waals surface area contributed by atoms with Gasteiger partial charge in [0, 0.05) is 11.8 Å². The van der Waals surface area contributed by atoms with Crippen molar-refractivity contribution in [1.82, 2.24) is 9.97 Å². The van der Waals surface area contributed by atoms with Crippen molar-refractivity contribution in [2.45, 2.75) is 4.90 Å². The summed E-state index contributed by atoms with van der Waals surface area (Å²) in [4.78, 5) is 20.6. The number of carbonyl (C=O) groups excluding carboxylic acids is 1. The van der Waals surface area contributed by atoms with E-state index in [9.17, 15) is 13.2 Å². The van der Waals surface area contributed by atoms with Crippen LogP contribution < -0.4 is 29.0 Å². The third-order valence-electron chi connectivity index (χ3n) is 4.39. The van der Waals surface area contributed by atoms with Crippen LogP contribution in [0.3, 0.4) is 0 Å². The number of aromatic nitrogens is 2. The molecule has 1 heterocycles. The molecule has 3 aromatic rings. The van der Waals surface area contributed by atoms with Gasteiger partial charge in [-0.25, -0.2) is 8.42 Å². The maximum atomic E-state index is 12.8. The Morgan fingerprint density at radius 2 is 1.48 bits per heavy atom. The lowest BCUT2D eigenvalue weighted by molar-refractivity contribution is 0.102. The summed E-state index contributed by atoms with van der Waals surface area (Å²) in [5.74, 6) is 0.304. The fourth-order valence-corrected chi connectivity index (χ4v) is 3.83. The lowest BCUT2D eigenvalue weighted by Gasteiger charge is -2.13. The van der Waals surface area contributed by atoms with E-state index in [2.05, 4.69) is 20.0 Å². The van der Waals surface area contributed by atoms with Gasteiger partial charge in [-0.05, 0) is 36.4 Å². The maximum Gasteiger partial charge on any atom is 0.321 e. The number of nitrogens with one attached hydrogen (secondary N) is 2. The largest absolute Gasteiger partial charge is 0.496 e. The van der Waals surface area contributed by atoms with Crippen LogP contribution in [0.1, 0.15) is 10.4 Å². The van der Waals surface area contributed by atoms with Crippen LogP contribution >= 0.6 is 0 Å². The molecule has 2 aromatic carbocycles. The number of anilines is 2. The quantitative estimate of drug-likeness (QED) is 0.479. The third-order valence-corrected chi connectivity index (χ3v) is 5.76. The highest BCUT2D eigenvalue weighted by Gasteiger charge is 2.20. The van der Waals surface area contributed by atoms with E-state index >= 15 is 0 Å². The van der Waals surface area contributed by atoms with Gasteiger partial charge in [-0.3, -0.25) is 9.52 Å². The Hall–Kier alpha value is -4.06. The number of hydrogen-bond donors (Lipinski definition) is 2. The molecule has 12 heteroatoms. The van der Waals surface area contributed by atoms with E-state index in [1.807, 2.05) is 0 Å². The predicted molar refractivity (Wildman–Crippen MR) is 120 cm³/mol. The summed E-state index contributed by atoms with van der Waals surface area (Å²) in [6.07, 6.45) is 0. The molecule has 174 valence electrons. The lowest BCUT2D eigenvalue weighted by atomic mass is 10.1. The van der Waals surface area contributed by atoms with Gasteiger partial charge in [-0.15, -0.1) is 0 Å². The smallest absolute Gasteiger partial charge is 0.321 e. The summed E-state index contributed by atoms with van der Waals surface area (Å²) in [5, 5.41) is 2.70. The van der Waals surface area contributed by atoms with E-state index in [1.165, 1.54) is 58.8 Å². The van der Waals surface area contributed by atoms with Gasteiger partial charge in [0.05, 0.1) is 33.3 Å². The van der Waals surface area contributed by atoms with Gasteiger partial charge in [0.25, 0.3) is 15.9 Å². The lowest BCUT2D eigenvalue weighted by Crippen LogP contribution is -2.16. The third kappa shape index (κ3) is 5.41. The number of rotatable bonds is 9. The molecule has 0 fully saturated rings. The van der Waals surface area contributed by atoms with Crippen LogP contribution in [0, 0.1) is 0 Å². The average molecular weight is 474 g/mol. The molecule has 0 radical (unpaired) electrons. The molecule has 0 atom stereocenters. The molecule has 0 saturated carbocycles. The summed E-state index contributed by atoms with van der Waals surface area (Å²) >= 11 is 0. The highest BCUT2D eigenvalue weighted by atomic mass is 32.2. The number of hydrogen-bond acceptors (Lipinski definition) is 9. The summed E-state index contributed by atoms with van der Waals surface area (Å²) in [7, 11) is 1.64. The van der Waals surface area contributed by atoms with E-state index in [1.54, 1.807) is 18.2 Å². The molecule has 1 amide bonds. The Kier molecular flexibility index (Phi) is 7.18. The van der Waals surface area contributed by atoms with Crippen molar-refractivity contribution in [3.05, 3.63) is 54.1 Å². The Bertz CT molecular complexity index is 1200. The number of amides is 1. The number of methoxy groups -OCH3 is 4. The van der Waals surface area contributed by atoms with Crippen molar-refractivity contribution in [3.8, 4) is 23.4 Å². The van der Waals surface area contributed by atoms with Gasteiger partial charge in [-0.1, -0.05) is 6.07 Å². The van der Waals surface area contributed by atoms with Crippen LogP contribution in [-0.2, 0) is 10.0 Å². The Morgan fingerprint density at radius 3 is 2.03 bits per heavy atom. The van der Waals surface area contributed by atoms with Crippen LogP contribution in [0.5, 0.6) is 23.4 Å². The second-order valence-corrected chi connectivity index (χ2v) is 8.09. The van der Waals surface area contributed by atoms with Gasteiger partial charge in [0.2, 0.25) is 5.88 Å². The first kappa shape index (κ1) is 23.6. The van der Waals surface area contributed by atoms with Crippen LogP contribution in [0.25, 0.3) is 0 Å². The highest BCUT2D eigenvalue weighted by Crippen LogP contribution is 2.29. The second-order valence-electron chi connectivity index (χ2n) is 6.40. The van der Waals surface area contributed by atoms with Gasteiger partial charge >= 0.3 is 6.01 Å². The van der Waals surface area contributed by atoms with E-state index in [-0.39, 0.29) is 28.2 Å². The average Bonchev–Trinajstić information content (AvgIpc) is 2.83. The number of sulfonamides is 1. The molecule has 0 aliphatic rings. The molecule has 0 spiro atoms. The summed E-state index contributed by atoms with van der Waals surface area (Å²) in [5.41, 5.74) is 0.588. The Morgan fingerprint density at radius 1 is 0.848 bits per heavy atom. The molecule has 0 saturated heterocycles. The van der Waals surface area contributed by atoms with E-state index < -0.39 is 15.9 Å². The van der Waals surface area contributed by atoms with E-state index in [4.69, 9.17) is 18.9 Å². The Labute approximate surface area is 190 Å². The zero-order valence-corrected chi connectivity index (χ0v) is 19.1. The summed E-state index contributed by atoms with van der Waals surface area (Å²) in [6, 6.07) is 11.8. The number of ether oxygens (including phenoxy) is 4. The molecule has 0 aliphatic carbocycles.